The van der Waals surface area contributed by atoms with E-state index in [9.17, 15) is 0 Å². The molecule has 0 radical (unpaired) electrons. The van der Waals surface area contributed by atoms with Gasteiger partial charge in [0, 0.05) is 10.9 Å². The van der Waals surface area contributed by atoms with Crippen molar-refractivity contribution in [3.05, 3.63) is 29.8 Å². The van der Waals surface area contributed by atoms with Crippen molar-refractivity contribution in [1.29, 1.82) is 0 Å². The van der Waals surface area contributed by atoms with Crippen LogP contribution in [0.1, 0.15) is 51.1 Å². The fraction of sp³-hybridized carbons (Fsp3) is 0.647. The predicted molar refractivity (Wildman–Crippen MR) is 85.8 cm³/mol. The van der Waals surface area contributed by atoms with E-state index < -0.39 is 0 Å². The molecule has 0 heterocycles. The lowest BCUT2D eigenvalue weighted by Gasteiger charge is -2.33. The van der Waals surface area contributed by atoms with Crippen LogP contribution in [-0.4, -0.2) is 12.8 Å². The molecule has 1 N–H and O–H groups in total. The Morgan fingerprint density at radius 1 is 1.16 bits per heavy atom. The first-order valence-electron chi connectivity index (χ1n) is 7.64. The van der Waals surface area contributed by atoms with Crippen molar-refractivity contribution in [1.82, 2.24) is 5.32 Å². The van der Waals surface area contributed by atoms with Crippen molar-refractivity contribution < 1.29 is 0 Å². The van der Waals surface area contributed by atoms with Crippen LogP contribution in [0.2, 0.25) is 0 Å². The second-order valence-corrected chi connectivity index (χ2v) is 7.13. The van der Waals surface area contributed by atoms with Gasteiger partial charge >= 0.3 is 0 Å². The minimum atomic E-state index is 0.535. The Bertz CT molecular complexity index is 365. The van der Waals surface area contributed by atoms with E-state index in [0.29, 0.717) is 6.04 Å². The molecular weight excluding hydrogens is 250 g/mol. The summed E-state index contributed by atoms with van der Waals surface area (Å²) in [5, 5.41) is 3.55. The number of thioether (sulfide) groups is 1. The van der Waals surface area contributed by atoms with Gasteiger partial charge in [0.15, 0.2) is 0 Å². The molecule has 0 aliphatic heterocycles. The number of nitrogens with one attached hydrogen (secondary N) is 1. The minimum absolute atomic E-state index is 0.535. The van der Waals surface area contributed by atoms with E-state index in [1.165, 1.54) is 36.1 Å². The fourth-order valence-electron chi connectivity index (χ4n) is 3.23. The van der Waals surface area contributed by atoms with Crippen LogP contribution in [0, 0.1) is 11.8 Å². The van der Waals surface area contributed by atoms with E-state index in [1.807, 2.05) is 11.8 Å². The highest BCUT2D eigenvalue weighted by molar-refractivity contribution is 7.99. The molecule has 2 heteroatoms. The van der Waals surface area contributed by atoms with Gasteiger partial charge in [0.25, 0.3) is 0 Å². The highest BCUT2D eigenvalue weighted by Crippen LogP contribution is 2.36. The first-order valence-corrected chi connectivity index (χ1v) is 8.63. The first kappa shape index (κ1) is 14.9. The highest BCUT2D eigenvalue weighted by Gasteiger charge is 2.26. The second kappa shape index (κ2) is 7.35. The number of hydrogen-bond acceptors (Lipinski definition) is 2. The topological polar surface area (TPSA) is 12.0 Å². The van der Waals surface area contributed by atoms with Gasteiger partial charge in [0.2, 0.25) is 0 Å². The zero-order chi connectivity index (χ0) is 13.7. The molecule has 1 fully saturated rings. The van der Waals surface area contributed by atoms with Crippen molar-refractivity contribution in [2.45, 2.75) is 50.5 Å². The summed E-state index contributed by atoms with van der Waals surface area (Å²) in [4.78, 5) is 1.39. The van der Waals surface area contributed by atoms with Gasteiger partial charge in [-0.15, -0.1) is 11.8 Å². The van der Waals surface area contributed by atoms with E-state index in [4.69, 9.17) is 0 Å². The normalized spacial score (nSPS) is 25.2. The fourth-order valence-corrected chi connectivity index (χ4v) is 3.89. The number of benzene rings is 1. The van der Waals surface area contributed by atoms with Crippen molar-refractivity contribution in [2.75, 3.05) is 12.8 Å². The molecule has 1 aromatic carbocycles. The molecule has 0 bridgehead atoms. The lowest BCUT2D eigenvalue weighted by molar-refractivity contribution is 0.238. The van der Waals surface area contributed by atoms with Gasteiger partial charge in [-0.3, -0.25) is 0 Å². The van der Waals surface area contributed by atoms with Crippen molar-refractivity contribution in [2.24, 2.45) is 11.8 Å². The molecule has 0 aromatic heterocycles. The number of rotatable bonds is 5. The standard InChI is InChI=1S/C17H27NS/c1-4-19-16-11-9-15(10-12-16)17(18-3)14-7-5-13(2)6-8-14/h9-14,17-18H,4-8H2,1-3H3. The van der Waals surface area contributed by atoms with Gasteiger partial charge in [-0.1, -0.05) is 38.8 Å². The molecule has 19 heavy (non-hydrogen) atoms. The molecule has 0 spiro atoms. The summed E-state index contributed by atoms with van der Waals surface area (Å²) in [5.41, 5.74) is 1.46. The van der Waals surface area contributed by atoms with E-state index in [0.717, 1.165) is 17.6 Å². The van der Waals surface area contributed by atoms with E-state index in [2.05, 4.69) is 50.5 Å². The summed E-state index contributed by atoms with van der Waals surface area (Å²) in [7, 11) is 2.11. The Morgan fingerprint density at radius 2 is 1.79 bits per heavy atom. The molecule has 0 amide bonds. The molecule has 1 saturated carbocycles. The smallest absolute Gasteiger partial charge is 0.0346 e. The van der Waals surface area contributed by atoms with Crippen LogP contribution in [0.15, 0.2) is 29.2 Å². The Balaban J connectivity index is 2.04. The van der Waals surface area contributed by atoms with Crippen LogP contribution >= 0.6 is 11.8 Å². The zero-order valence-corrected chi connectivity index (χ0v) is 13.3. The Morgan fingerprint density at radius 3 is 2.32 bits per heavy atom. The summed E-state index contributed by atoms with van der Waals surface area (Å²) in [6.45, 7) is 4.60. The molecule has 2 rings (SSSR count). The molecule has 1 nitrogen and oxygen atoms in total. The first-order chi connectivity index (χ1) is 9.24. The summed E-state index contributed by atoms with van der Waals surface area (Å²) >= 11 is 1.92. The van der Waals surface area contributed by atoms with Crippen LogP contribution in [0.25, 0.3) is 0 Å². The summed E-state index contributed by atoms with van der Waals surface area (Å²) in [6.07, 6.45) is 5.54. The summed E-state index contributed by atoms with van der Waals surface area (Å²) < 4.78 is 0. The zero-order valence-electron chi connectivity index (χ0n) is 12.5. The molecule has 1 unspecified atom stereocenters. The highest BCUT2D eigenvalue weighted by atomic mass is 32.2. The van der Waals surface area contributed by atoms with Gasteiger partial charge in [-0.25, -0.2) is 0 Å². The van der Waals surface area contributed by atoms with Gasteiger partial charge < -0.3 is 5.32 Å². The lowest BCUT2D eigenvalue weighted by Crippen LogP contribution is -2.28. The largest absolute Gasteiger partial charge is 0.313 e. The maximum atomic E-state index is 3.55. The van der Waals surface area contributed by atoms with Crippen LogP contribution in [0.5, 0.6) is 0 Å². The Kier molecular flexibility index (Phi) is 5.77. The van der Waals surface area contributed by atoms with Crippen LogP contribution < -0.4 is 5.32 Å². The van der Waals surface area contributed by atoms with Crippen molar-refractivity contribution in [3.63, 3.8) is 0 Å². The average molecular weight is 277 g/mol. The summed E-state index contributed by atoms with van der Waals surface area (Å²) in [5.74, 6) is 2.89. The van der Waals surface area contributed by atoms with Crippen molar-refractivity contribution in [3.8, 4) is 0 Å². The molecule has 1 atom stereocenters. The molecule has 1 aliphatic carbocycles. The predicted octanol–water partition coefficient (Wildman–Crippen LogP) is 4.89. The molecule has 1 aliphatic rings. The van der Waals surface area contributed by atoms with Crippen LogP contribution in [-0.2, 0) is 0 Å². The molecule has 106 valence electrons. The average Bonchev–Trinajstić information content (AvgIpc) is 2.44. The van der Waals surface area contributed by atoms with Gasteiger partial charge in [-0.2, -0.15) is 0 Å². The minimum Gasteiger partial charge on any atom is -0.313 e. The third-order valence-electron chi connectivity index (χ3n) is 4.39. The molecular formula is C17H27NS. The Labute approximate surface area is 122 Å². The third-order valence-corrected chi connectivity index (χ3v) is 5.29. The lowest BCUT2D eigenvalue weighted by atomic mass is 9.77. The second-order valence-electron chi connectivity index (χ2n) is 5.79. The summed E-state index contributed by atoms with van der Waals surface area (Å²) in [6, 6.07) is 9.72. The van der Waals surface area contributed by atoms with Gasteiger partial charge in [-0.05, 0) is 55.2 Å². The third kappa shape index (κ3) is 4.00. The van der Waals surface area contributed by atoms with E-state index >= 15 is 0 Å². The van der Waals surface area contributed by atoms with Gasteiger partial charge in [0.1, 0.15) is 0 Å². The Hall–Kier alpha value is -0.470. The SMILES string of the molecule is CCSc1ccc(C(NC)C2CCC(C)CC2)cc1. The van der Waals surface area contributed by atoms with E-state index in [1.54, 1.807) is 0 Å². The quantitative estimate of drug-likeness (QED) is 0.769. The van der Waals surface area contributed by atoms with Crippen LogP contribution in [0.3, 0.4) is 0 Å². The van der Waals surface area contributed by atoms with Gasteiger partial charge in [0.05, 0.1) is 0 Å². The van der Waals surface area contributed by atoms with Crippen molar-refractivity contribution >= 4 is 11.8 Å². The maximum Gasteiger partial charge on any atom is 0.0346 e. The molecule has 0 saturated heterocycles. The monoisotopic (exact) mass is 277 g/mol. The number of hydrogen-bond donors (Lipinski definition) is 1. The molecule has 1 aromatic rings. The van der Waals surface area contributed by atoms with E-state index in [-0.39, 0.29) is 0 Å². The maximum absolute atomic E-state index is 3.55. The van der Waals surface area contributed by atoms with Crippen LogP contribution in [0.4, 0.5) is 0 Å².